The SMILES string of the molecule is O=[N+]([O-])c1cccc2n[se]nc12. The van der Waals surface area contributed by atoms with Crippen molar-refractivity contribution in [1.82, 2.24) is 7.96 Å². The van der Waals surface area contributed by atoms with Gasteiger partial charge in [0.1, 0.15) is 0 Å². The van der Waals surface area contributed by atoms with Crippen molar-refractivity contribution >= 4 is 31.7 Å². The molecular formula is C6H3N3O2Se. The summed E-state index contributed by atoms with van der Waals surface area (Å²) in [6.07, 6.45) is 0. The second-order valence-electron chi connectivity index (χ2n) is 2.17. The maximum atomic E-state index is 10.5. The number of fused-ring (bicyclic) bond motifs is 1. The minimum atomic E-state index is -0.431. The Kier molecular flexibility index (Phi) is 1.64. The minimum absolute atomic E-state index is 0.0515. The molecule has 6 heteroatoms. The number of hydrogen-bond acceptors (Lipinski definition) is 4. The molecule has 60 valence electrons. The predicted octanol–water partition coefficient (Wildman–Crippen LogP) is 0.595. The zero-order valence-electron chi connectivity index (χ0n) is 5.80. The molecule has 0 aliphatic heterocycles. The molecule has 5 nitrogen and oxygen atoms in total. The Bertz CT molecular complexity index is 439. The number of nitro groups is 1. The van der Waals surface area contributed by atoms with Crippen LogP contribution in [0.25, 0.3) is 11.0 Å². The Morgan fingerprint density at radius 2 is 2.25 bits per heavy atom. The summed E-state index contributed by atoms with van der Waals surface area (Å²) < 4.78 is 8.01. The topological polar surface area (TPSA) is 68.9 Å². The van der Waals surface area contributed by atoms with Gasteiger partial charge in [0.15, 0.2) is 0 Å². The summed E-state index contributed by atoms with van der Waals surface area (Å²) in [6.45, 7) is 0. The first-order valence-electron chi connectivity index (χ1n) is 3.15. The van der Waals surface area contributed by atoms with E-state index in [9.17, 15) is 10.1 Å². The number of nitrogens with zero attached hydrogens (tertiary/aromatic N) is 3. The number of rotatable bonds is 1. The zero-order valence-corrected chi connectivity index (χ0v) is 7.51. The van der Waals surface area contributed by atoms with E-state index in [1.54, 1.807) is 12.1 Å². The van der Waals surface area contributed by atoms with Crippen molar-refractivity contribution in [1.29, 1.82) is 0 Å². The number of hydrogen-bond donors (Lipinski definition) is 0. The second-order valence-corrected chi connectivity index (χ2v) is 3.27. The Balaban J connectivity index is 2.82. The van der Waals surface area contributed by atoms with Gasteiger partial charge in [0, 0.05) is 0 Å². The fourth-order valence-corrected chi connectivity index (χ4v) is 2.08. The molecule has 1 aromatic heterocycles. The van der Waals surface area contributed by atoms with Crippen molar-refractivity contribution in [2.75, 3.05) is 0 Å². The van der Waals surface area contributed by atoms with Gasteiger partial charge in [-0.25, -0.2) is 0 Å². The van der Waals surface area contributed by atoms with E-state index in [0.29, 0.717) is 11.0 Å². The van der Waals surface area contributed by atoms with E-state index in [4.69, 9.17) is 0 Å². The van der Waals surface area contributed by atoms with Crippen LogP contribution < -0.4 is 0 Å². The molecule has 0 atom stereocenters. The van der Waals surface area contributed by atoms with Crippen LogP contribution in [-0.4, -0.2) is 27.8 Å². The summed E-state index contributed by atoms with van der Waals surface area (Å²) in [5, 5.41) is 10.5. The summed E-state index contributed by atoms with van der Waals surface area (Å²) >= 11 is -0.200. The second kappa shape index (κ2) is 2.65. The molecule has 0 N–H and O–H groups in total. The molecule has 0 spiro atoms. The van der Waals surface area contributed by atoms with E-state index in [0.717, 1.165) is 0 Å². The number of aromatic nitrogens is 2. The van der Waals surface area contributed by atoms with Crippen LogP contribution in [0.4, 0.5) is 5.69 Å². The standard InChI is InChI=1S/C6H3N3O2Se/c10-9(11)5-3-1-2-4-6(5)8-12-7-4/h1-3H. The molecule has 0 aliphatic rings. The molecule has 1 heterocycles. The number of nitro benzene ring substituents is 1. The zero-order chi connectivity index (χ0) is 8.55. The van der Waals surface area contributed by atoms with Crippen molar-refractivity contribution in [2.24, 2.45) is 0 Å². The molecule has 0 bridgehead atoms. The van der Waals surface area contributed by atoms with Crippen molar-refractivity contribution in [3.63, 3.8) is 0 Å². The summed E-state index contributed by atoms with van der Waals surface area (Å²) in [4.78, 5) is 10.0. The number of non-ortho nitro benzene ring substituents is 1. The molecule has 0 amide bonds. The Morgan fingerprint density at radius 1 is 1.42 bits per heavy atom. The molecule has 0 unspecified atom stereocenters. The molecule has 0 fully saturated rings. The van der Waals surface area contributed by atoms with Crippen LogP contribution >= 0.6 is 0 Å². The van der Waals surface area contributed by atoms with Crippen LogP contribution in [0.2, 0.25) is 0 Å². The molecule has 2 aromatic rings. The molecular weight excluding hydrogens is 225 g/mol. The average Bonchev–Trinajstić information content (AvgIpc) is 2.49. The average molecular weight is 228 g/mol. The molecule has 0 aliphatic carbocycles. The first kappa shape index (κ1) is 7.39. The normalized spacial score (nSPS) is 10.3. The fourth-order valence-electron chi connectivity index (χ4n) is 0.939. The summed E-state index contributed by atoms with van der Waals surface area (Å²) in [5.41, 5.74) is 1.13. The molecule has 2 rings (SSSR count). The van der Waals surface area contributed by atoms with Crippen molar-refractivity contribution in [3.8, 4) is 0 Å². The van der Waals surface area contributed by atoms with Gasteiger partial charge in [-0.05, 0) is 0 Å². The van der Waals surface area contributed by atoms with Crippen LogP contribution in [0.3, 0.4) is 0 Å². The Hall–Kier alpha value is -1.26. The van der Waals surface area contributed by atoms with Gasteiger partial charge in [0.25, 0.3) is 0 Å². The van der Waals surface area contributed by atoms with Crippen LogP contribution in [0.15, 0.2) is 18.2 Å². The molecule has 1 aromatic carbocycles. The molecule has 0 radical (unpaired) electrons. The van der Waals surface area contributed by atoms with Crippen LogP contribution in [0, 0.1) is 10.1 Å². The van der Waals surface area contributed by atoms with E-state index in [2.05, 4.69) is 7.96 Å². The van der Waals surface area contributed by atoms with Crippen molar-refractivity contribution in [3.05, 3.63) is 28.3 Å². The van der Waals surface area contributed by atoms with E-state index in [1.807, 2.05) is 0 Å². The first-order chi connectivity index (χ1) is 5.79. The predicted molar refractivity (Wildman–Crippen MR) is 43.1 cm³/mol. The van der Waals surface area contributed by atoms with Gasteiger partial charge in [-0.1, -0.05) is 0 Å². The van der Waals surface area contributed by atoms with Crippen LogP contribution in [-0.2, 0) is 0 Å². The van der Waals surface area contributed by atoms with Gasteiger partial charge in [0.2, 0.25) is 0 Å². The Labute approximate surface area is 73.4 Å². The monoisotopic (exact) mass is 229 g/mol. The van der Waals surface area contributed by atoms with Crippen LogP contribution in [0.5, 0.6) is 0 Å². The van der Waals surface area contributed by atoms with E-state index in [1.165, 1.54) is 6.07 Å². The van der Waals surface area contributed by atoms with Crippen molar-refractivity contribution in [2.45, 2.75) is 0 Å². The van der Waals surface area contributed by atoms with Gasteiger partial charge in [-0.3, -0.25) is 0 Å². The van der Waals surface area contributed by atoms with Gasteiger partial charge in [-0.2, -0.15) is 0 Å². The molecule has 0 saturated carbocycles. The van der Waals surface area contributed by atoms with Gasteiger partial charge in [-0.15, -0.1) is 0 Å². The third kappa shape index (κ3) is 1.01. The van der Waals surface area contributed by atoms with E-state index < -0.39 is 4.92 Å². The Morgan fingerprint density at radius 3 is 3.00 bits per heavy atom. The quantitative estimate of drug-likeness (QED) is 0.407. The summed E-state index contributed by atoms with van der Waals surface area (Å²) in [6, 6.07) is 4.80. The fraction of sp³-hybridized carbons (Fsp3) is 0. The van der Waals surface area contributed by atoms with E-state index >= 15 is 0 Å². The number of benzene rings is 1. The van der Waals surface area contributed by atoms with Gasteiger partial charge in [0.05, 0.1) is 0 Å². The van der Waals surface area contributed by atoms with E-state index in [-0.39, 0.29) is 20.6 Å². The molecule has 12 heavy (non-hydrogen) atoms. The van der Waals surface area contributed by atoms with Gasteiger partial charge < -0.3 is 0 Å². The third-order valence-electron chi connectivity index (χ3n) is 1.46. The molecule has 0 saturated heterocycles. The van der Waals surface area contributed by atoms with Crippen molar-refractivity contribution < 1.29 is 4.92 Å². The first-order valence-corrected chi connectivity index (χ1v) is 4.68. The summed E-state index contributed by atoms with van der Waals surface area (Å²) in [7, 11) is 0. The van der Waals surface area contributed by atoms with Gasteiger partial charge >= 0.3 is 72.9 Å². The maximum absolute atomic E-state index is 10.5. The van der Waals surface area contributed by atoms with Crippen LogP contribution in [0.1, 0.15) is 0 Å². The summed E-state index contributed by atoms with van der Waals surface area (Å²) in [5.74, 6) is 0. The third-order valence-corrected chi connectivity index (χ3v) is 2.60.